The second-order valence-corrected chi connectivity index (χ2v) is 7.71. The van der Waals surface area contributed by atoms with Crippen molar-refractivity contribution in [2.45, 2.75) is 11.4 Å². The molecule has 0 radical (unpaired) electrons. The van der Waals surface area contributed by atoms with Crippen LogP contribution in [0.4, 0.5) is 0 Å². The predicted octanol–water partition coefficient (Wildman–Crippen LogP) is 2.44. The van der Waals surface area contributed by atoms with Crippen LogP contribution in [0.25, 0.3) is 0 Å². The molecule has 1 aromatic carbocycles. The number of nitrogens with two attached hydrogens (primary N) is 1. The van der Waals surface area contributed by atoms with E-state index in [2.05, 4.69) is 0 Å². The third-order valence-corrected chi connectivity index (χ3v) is 5.88. The van der Waals surface area contributed by atoms with Crippen LogP contribution in [0.3, 0.4) is 0 Å². The van der Waals surface area contributed by atoms with Gasteiger partial charge in [0.1, 0.15) is 4.90 Å². The van der Waals surface area contributed by atoms with E-state index in [9.17, 15) is 8.42 Å². The number of rotatable bonds is 6. The van der Waals surface area contributed by atoms with Gasteiger partial charge in [0, 0.05) is 30.9 Å². The maximum Gasteiger partial charge on any atom is 0.244 e. The molecule has 0 amide bonds. The monoisotopic (exact) mass is 342 g/mol. The lowest BCUT2D eigenvalue weighted by Gasteiger charge is -2.18. The first kappa shape index (κ1) is 17.1. The molecule has 0 saturated carbocycles. The zero-order chi connectivity index (χ0) is 14.6. The summed E-state index contributed by atoms with van der Waals surface area (Å²) in [7, 11) is -2.09. The van der Waals surface area contributed by atoms with E-state index in [1.165, 1.54) is 23.5 Å². The molecule has 2 N–H and O–H groups in total. The third kappa shape index (κ3) is 4.00. The van der Waals surface area contributed by atoms with Crippen LogP contribution in [0.5, 0.6) is 0 Å². The third-order valence-electron chi connectivity index (χ3n) is 2.62. The van der Waals surface area contributed by atoms with Gasteiger partial charge in [-0.1, -0.05) is 23.2 Å². The van der Waals surface area contributed by atoms with Gasteiger partial charge in [-0.3, -0.25) is 0 Å². The summed E-state index contributed by atoms with van der Waals surface area (Å²) in [5, 5.41) is 0.483. The second-order valence-electron chi connectivity index (χ2n) is 3.90. The Kier molecular flexibility index (Phi) is 6.42. The lowest BCUT2D eigenvalue weighted by molar-refractivity contribution is 0.488. The molecule has 0 fully saturated rings. The first-order valence-electron chi connectivity index (χ1n) is 5.47. The molecular formula is C11H16Cl2N2O2S2. The minimum Gasteiger partial charge on any atom is -0.326 e. The predicted molar refractivity (Wildman–Crippen MR) is 82.6 cm³/mol. The van der Waals surface area contributed by atoms with Gasteiger partial charge in [0.05, 0.1) is 5.02 Å². The summed E-state index contributed by atoms with van der Waals surface area (Å²) in [5.41, 5.74) is 6.09. The number of hydrogen-bond acceptors (Lipinski definition) is 4. The fourth-order valence-corrected chi connectivity index (χ4v) is 4.02. The van der Waals surface area contributed by atoms with Gasteiger partial charge in [0.25, 0.3) is 0 Å². The minimum atomic E-state index is -3.62. The molecule has 0 aliphatic carbocycles. The number of halogens is 2. The van der Waals surface area contributed by atoms with Crippen molar-refractivity contribution in [3.8, 4) is 0 Å². The molecule has 4 nitrogen and oxygen atoms in total. The number of benzene rings is 1. The highest BCUT2D eigenvalue weighted by Crippen LogP contribution is 2.30. The highest BCUT2D eigenvalue weighted by molar-refractivity contribution is 7.98. The van der Waals surface area contributed by atoms with Crippen molar-refractivity contribution in [3.63, 3.8) is 0 Å². The van der Waals surface area contributed by atoms with Gasteiger partial charge in [-0.05, 0) is 24.0 Å². The zero-order valence-corrected chi connectivity index (χ0v) is 13.8. The first-order chi connectivity index (χ1) is 8.84. The SMILES string of the molecule is CSCCN(C)S(=O)(=O)c1cc(CN)c(Cl)cc1Cl. The van der Waals surface area contributed by atoms with Crippen molar-refractivity contribution >= 4 is 45.0 Å². The molecule has 0 aromatic heterocycles. The first-order valence-corrected chi connectivity index (χ1v) is 9.06. The average molecular weight is 343 g/mol. The Morgan fingerprint density at radius 3 is 2.47 bits per heavy atom. The summed E-state index contributed by atoms with van der Waals surface area (Å²) in [6.45, 7) is 0.577. The summed E-state index contributed by atoms with van der Waals surface area (Å²) in [5.74, 6) is 0.713. The summed E-state index contributed by atoms with van der Waals surface area (Å²) < 4.78 is 26.0. The highest BCUT2D eigenvalue weighted by Gasteiger charge is 2.24. The van der Waals surface area contributed by atoms with E-state index in [-0.39, 0.29) is 16.5 Å². The summed E-state index contributed by atoms with van der Waals surface area (Å²) >= 11 is 13.5. The second kappa shape index (κ2) is 7.15. The number of thioether (sulfide) groups is 1. The molecule has 0 saturated heterocycles. The average Bonchev–Trinajstić information content (AvgIpc) is 2.35. The Morgan fingerprint density at radius 1 is 1.32 bits per heavy atom. The summed E-state index contributed by atoms with van der Waals surface area (Å²) in [6.07, 6.45) is 1.92. The van der Waals surface area contributed by atoms with E-state index in [0.29, 0.717) is 22.9 Å². The van der Waals surface area contributed by atoms with Crippen LogP contribution >= 0.6 is 35.0 Å². The lowest BCUT2D eigenvalue weighted by atomic mass is 10.2. The Bertz CT molecular complexity index is 550. The molecule has 0 unspecified atom stereocenters. The quantitative estimate of drug-likeness (QED) is 0.862. The van der Waals surface area contributed by atoms with Crippen molar-refractivity contribution < 1.29 is 8.42 Å². The Hall–Kier alpha value is 0.0200. The zero-order valence-electron chi connectivity index (χ0n) is 10.7. The topological polar surface area (TPSA) is 63.4 Å². The van der Waals surface area contributed by atoms with E-state index in [4.69, 9.17) is 28.9 Å². The molecule has 0 atom stereocenters. The molecule has 108 valence electrons. The van der Waals surface area contributed by atoms with Gasteiger partial charge in [-0.15, -0.1) is 0 Å². The van der Waals surface area contributed by atoms with Gasteiger partial charge in [-0.25, -0.2) is 12.7 Å². The normalized spacial score (nSPS) is 12.1. The van der Waals surface area contributed by atoms with Crippen LogP contribution in [0.2, 0.25) is 10.0 Å². The van der Waals surface area contributed by atoms with E-state index in [1.807, 2.05) is 6.26 Å². The molecular weight excluding hydrogens is 327 g/mol. The van der Waals surface area contributed by atoms with Crippen LogP contribution in [0.1, 0.15) is 5.56 Å². The number of nitrogens with zero attached hydrogens (tertiary/aromatic N) is 1. The van der Waals surface area contributed by atoms with Gasteiger partial charge in [0.2, 0.25) is 10.0 Å². The van der Waals surface area contributed by atoms with Crippen molar-refractivity contribution in [2.24, 2.45) is 5.73 Å². The minimum absolute atomic E-state index is 0.0441. The number of sulfonamides is 1. The summed E-state index contributed by atoms with van der Waals surface area (Å²) in [6, 6.07) is 2.86. The van der Waals surface area contributed by atoms with Crippen LogP contribution in [-0.4, -0.2) is 38.3 Å². The Balaban J connectivity index is 3.21. The molecule has 1 rings (SSSR count). The standard InChI is InChI=1S/C11H16Cl2N2O2S2/c1-15(3-4-18-2)19(16,17)11-5-8(7-14)9(12)6-10(11)13/h5-6H,3-4,7,14H2,1-2H3. The molecule has 0 bridgehead atoms. The maximum absolute atomic E-state index is 12.4. The molecule has 0 aliphatic heterocycles. The van der Waals surface area contributed by atoms with Gasteiger partial charge in [-0.2, -0.15) is 11.8 Å². The fourth-order valence-electron chi connectivity index (χ4n) is 1.43. The Labute approximate surface area is 128 Å². The molecule has 0 spiro atoms. The molecule has 1 aromatic rings. The molecule has 0 heterocycles. The van der Waals surface area contributed by atoms with Gasteiger partial charge in [0.15, 0.2) is 0 Å². The fraction of sp³-hybridized carbons (Fsp3) is 0.455. The summed E-state index contributed by atoms with van der Waals surface area (Å²) in [4.78, 5) is 0.0441. The molecule has 0 aliphatic rings. The van der Waals surface area contributed by atoms with Crippen molar-refractivity contribution in [1.29, 1.82) is 0 Å². The van der Waals surface area contributed by atoms with Crippen molar-refractivity contribution in [3.05, 3.63) is 27.7 Å². The van der Waals surface area contributed by atoms with Crippen LogP contribution in [0.15, 0.2) is 17.0 Å². The van der Waals surface area contributed by atoms with Crippen molar-refractivity contribution in [2.75, 3.05) is 25.6 Å². The largest absolute Gasteiger partial charge is 0.326 e. The van der Waals surface area contributed by atoms with E-state index in [1.54, 1.807) is 11.8 Å². The van der Waals surface area contributed by atoms with Crippen molar-refractivity contribution in [1.82, 2.24) is 4.31 Å². The van der Waals surface area contributed by atoms with E-state index in [0.717, 1.165) is 0 Å². The lowest BCUT2D eigenvalue weighted by Crippen LogP contribution is -2.29. The molecule has 8 heteroatoms. The van der Waals surface area contributed by atoms with Crippen LogP contribution in [-0.2, 0) is 16.6 Å². The van der Waals surface area contributed by atoms with Gasteiger partial charge >= 0.3 is 0 Å². The van der Waals surface area contributed by atoms with Crippen LogP contribution in [0, 0.1) is 0 Å². The van der Waals surface area contributed by atoms with Gasteiger partial charge < -0.3 is 5.73 Å². The van der Waals surface area contributed by atoms with E-state index >= 15 is 0 Å². The highest BCUT2D eigenvalue weighted by atomic mass is 35.5. The maximum atomic E-state index is 12.4. The van der Waals surface area contributed by atoms with E-state index < -0.39 is 10.0 Å². The molecule has 19 heavy (non-hydrogen) atoms. The van der Waals surface area contributed by atoms with Crippen LogP contribution < -0.4 is 5.73 Å². The smallest absolute Gasteiger partial charge is 0.244 e. The Morgan fingerprint density at radius 2 is 1.95 bits per heavy atom. The number of hydrogen-bond donors (Lipinski definition) is 1.